The van der Waals surface area contributed by atoms with Crippen LogP contribution in [0, 0.1) is 0 Å². The SMILES string of the molecule is C[C@H](NC(=O)[C@H]1CS[C@@]2(C)CCC(=O)N12)c1ccc(Cl)s1. The van der Waals surface area contributed by atoms with Gasteiger partial charge in [-0.2, -0.15) is 0 Å². The lowest BCUT2D eigenvalue weighted by Crippen LogP contribution is -2.50. The van der Waals surface area contributed by atoms with E-state index >= 15 is 0 Å². The van der Waals surface area contributed by atoms with E-state index < -0.39 is 0 Å². The molecule has 114 valence electrons. The average Bonchev–Trinajstić information content (AvgIpc) is 3.07. The zero-order valence-electron chi connectivity index (χ0n) is 11.9. The van der Waals surface area contributed by atoms with Gasteiger partial charge in [0.1, 0.15) is 6.04 Å². The number of nitrogens with one attached hydrogen (secondary N) is 1. The van der Waals surface area contributed by atoms with Gasteiger partial charge >= 0.3 is 0 Å². The maximum Gasteiger partial charge on any atom is 0.244 e. The Balaban J connectivity index is 1.70. The Morgan fingerprint density at radius 3 is 3.00 bits per heavy atom. The van der Waals surface area contributed by atoms with Gasteiger partial charge in [-0.15, -0.1) is 23.1 Å². The largest absolute Gasteiger partial charge is 0.347 e. The van der Waals surface area contributed by atoms with Crippen molar-refractivity contribution in [3.05, 3.63) is 21.3 Å². The third-order valence-corrected chi connectivity index (χ3v) is 7.05. The van der Waals surface area contributed by atoms with Crippen molar-refractivity contribution in [1.29, 1.82) is 0 Å². The summed E-state index contributed by atoms with van der Waals surface area (Å²) in [6.45, 7) is 3.99. The van der Waals surface area contributed by atoms with E-state index in [1.807, 2.05) is 19.1 Å². The number of fused-ring (bicyclic) bond motifs is 1. The molecule has 0 spiro atoms. The second-order valence-corrected chi connectivity index (χ2v) is 8.89. The fourth-order valence-electron chi connectivity index (χ4n) is 2.96. The van der Waals surface area contributed by atoms with Gasteiger partial charge in [-0.3, -0.25) is 9.59 Å². The highest BCUT2D eigenvalue weighted by molar-refractivity contribution is 8.01. The van der Waals surface area contributed by atoms with Gasteiger partial charge in [-0.05, 0) is 32.4 Å². The van der Waals surface area contributed by atoms with Gasteiger partial charge in [0.05, 0.1) is 15.2 Å². The predicted molar refractivity (Wildman–Crippen MR) is 86.6 cm³/mol. The first kappa shape index (κ1) is 15.2. The summed E-state index contributed by atoms with van der Waals surface area (Å²) in [5, 5.41) is 3.01. The lowest BCUT2D eigenvalue weighted by molar-refractivity contribution is -0.138. The molecule has 0 radical (unpaired) electrons. The highest BCUT2D eigenvalue weighted by Crippen LogP contribution is 2.47. The van der Waals surface area contributed by atoms with E-state index in [4.69, 9.17) is 11.6 Å². The summed E-state index contributed by atoms with van der Waals surface area (Å²) in [6, 6.07) is 3.31. The van der Waals surface area contributed by atoms with Crippen LogP contribution in [-0.4, -0.2) is 33.4 Å². The van der Waals surface area contributed by atoms with Gasteiger partial charge in [0, 0.05) is 17.1 Å². The monoisotopic (exact) mass is 344 g/mol. The number of thiophene rings is 1. The quantitative estimate of drug-likeness (QED) is 0.916. The lowest BCUT2D eigenvalue weighted by Gasteiger charge is -2.30. The average molecular weight is 345 g/mol. The first-order chi connectivity index (χ1) is 9.90. The molecular formula is C14H17ClN2O2S2. The van der Waals surface area contributed by atoms with Crippen LogP contribution in [-0.2, 0) is 9.59 Å². The van der Waals surface area contributed by atoms with Crippen LogP contribution in [0.5, 0.6) is 0 Å². The summed E-state index contributed by atoms with van der Waals surface area (Å²) < 4.78 is 0.713. The molecule has 21 heavy (non-hydrogen) atoms. The normalized spacial score (nSPS) is 29.6. The van der Waals surface area contributed by atoms with E-state index in [2.05, 4.69) is 12.2 Å². The van der Waals surface area contributed by atoms with Crippen molar-refractivity contribution < 1.29 is 9.59 Å². The zero-order valence-corrected chi connectivity index (χ0v) is 14.3. The molecule has 2 aliphatic rings. The van der Waals surface area contributed by atoms with Gasteiger partial charge < -0.3 is 10.2 Å². The highest BCUT2D eigenvalue weighted by Gasteiger charge is 2.52. The van der Waals surface area contributed by atoms with E-state index in [1.54, 1.807) is 16.7 Å². The standard InChI is InChI=1S/C14H17ClN2O2S2/c1-8(10-3-4-11(15)21-10)16-13(19)9-7-20-14(2)6-5-12(18)17(9)14/h3-4,8-9H,5-7H2,1-2H3,(H,16,19)/t8-,9+,14-/m0/s1. The second-order valence-electron chi connectivity index (χ2n) is 5.64. The number of hydrogen-bond acceptors (Lipinski definition) is 4. The first-order valence-corrected chi connectivity index (χ1v) is 9.10. The van der Waals surface area contributed by atoms with Crippen LogP contribution >= 0.6 is 34.7 Å². The summed E-state index contributed by atoms with van der Waals surface area (Å²) in [7, 11) is 0. The van der Waals surface area contributed by atoms with Crippen molar-refractivity contribution in [2.45, 2.75) is 43.6 Å². The minimum Gasteiger partial charge on any atom is -0.347 e. The molecule has 1 N–H and O–H groups in total. The fraction of sp³-hybridized carbons (Fsp3) is 0.571. The van der Waals surface area contributed by atoms with Crippen LogP contribution in [0.25, 0.3) is 0 Å². The Kier molecular flexibility index (Phi) is 3.96. The van der Waals surface area contributed by atoms with Gasteiger partial charge in [0.2, 0.25) is 11.8 Å². The number of carbonyl (C=O) groups excluding carboxylic acids is 2. The highest BCUT2D eigenvalue weighted by atomic mass is 35.5. The van der Waals surface area contributed by atoms with Gasteiger partial charge in [-0.25, -0.2) is 0 Å². The van der Waals surface area contributed by atoms with Crippen molar-refractivity contribution in [2.24, 2.45) is 0 Å². The van der Waals surface area contributed by atoms with E-state index in [9.17, 15) is 9.59 Å². The number of rotatable bonds is 3. The third-order valence-electron chi connectivity index (χ3n) is 4.13. The zero-order chi connectivity index (χ0) is 15.2. The smallest absolute Gasteiger partial charge is 0.244 e. The summed E-state index contributed by atoms with van der Waals surface area (Å²) >= 11 is 9.10. The van der Waals surface area contributed by atoms with Crippen LogP contribution in [0.4, 0.5) is 0 Å². The molecule has 1 aromatic heterocycles. The van der Waals surface area contributed by atoms with Crippen LogP contribution in [0.15, 0.2) is 12.1 Å². The molecule has 2 amide bonds. The number of carbonyl (C=O) groups is 2. The summed E-state index contributed by atoms with van der Waals surface area (Å²) in [5.41, 5.74) is 0. The number of nitrogens with zero attached hydrogens (tertiary/aromatic N) is 1. The number of thioether (sulfide) groups is 1. The molecule has 3 atom stereocenters. The van der Waals surface area contributed by atoms with Gasteiger partial charge in [0.15, 0.2) is 0 Å². The minimum absolute atomic E-state index is 0.0708. The van der Waals surface area contributed by atoms with Crippen molar-refractivity contribution in [3.8, 4) is 0 Å². The molecule has 2 aliphatic heterocycles. The first-order valence-electron chi connectivity index (χ1n) is 6.92. The lowest BCUT2D eigenvalue weighted by atomic mass is 10.2. The number of hydrogen-bond donors (Lipinski definition) is 1. The molecule has 0 saturated carbocycles. The second kappa shape index (κ2) is 5.48. The Morgan fingerprint density at radius 2 is 2.33 bits per heavy atom. The van der Waals surface area contributed by atoms with Crippen molar-refractivity contribution in [3.63, 3.8) is 0 Å². The predicted octanol–water partition coefficient (Wildman–Crippen LogP) is 3.03. The van der Waals surface area contributed by atoms with Crippen LogP contribution in [0.1, 0.15) is 37.6 Å². The topological polar surface area (TPSA) is 49.4 Å². The van der Waals surface area contributed by atoms with Crippen molar-refractivity contribution in [2.75, 3.05) is 5.75 Å². The molecule has 0 bridgehead atoms. The van der Waals surface area contributed by atoms with Crippen LogP contribution in [0.3, 0.4) is 0 Å². The van der Waals surface area contributed by atoms with Crippen LogP contribution in [0.2, 0.25) is 4.34 Å². The summed E-state index contributed by atoms with van der Waals surface area (Å²) in [6.07, 6.45) is 1.37. The molecule has 2 saturated heterocycles. The van der Waals surface area contributed by atoms with Gasteiger partial charge in [0.25, 0.3) is 0 Å². The molecular weight excluding hydrogens is 328 g/mol. The summed E-state index contributed by atoms with van der Waals surface area (Å²) in [4.78, 5) is 27.2. The van der Waals surface area contributed by atoms with Crippen molar-refractivity contribution >= 4 is 46.5 Å². The molecule has 7 heteroatoms. The Bertz CT molecular complexity index is 591. The molecule has 0 aliphatic carbocycles. The fourth-order valence-corrected chi connectivity index (χ4v) is 5.45. The Morgan fingerprint density at radius 1 is 1.57 bits per heavy atom. The van der Waals surface area contributed by atoms with Crippen molar-refractivity contribution in [1.82, 2.24) is 10.2 Å². The molecule has 4 nitrogen and oxygen atoms in total. The molecule has 0 unspecified atom stereocenters. The molecule has 3 rings (SSSR count). The van der Waals surface area contributed by atoms with Gasteiger partial charge in [-0.1, -0.05) is 11.6 Å². The minimum atomic E-state index is -0.354. The van der Waals surface area contributed by atoms with E-state index in [1.165, 1.54) is 11.3 Å². The number of amides is 2. The molecule has 3 heterocycles. The van der Waals surface area contributed by atoms with E-state index in [0.717, 1.165) is 11.3 Å². The van der Waals surface area contributed by atoms with E-state index in [0.29, 0.717) is 16.5 Å². The maximum atomic E-state index is 12.5. The molecule has 2 fully saturated rings. The molecule has 1 aromatic rings. The number of halogens is 1. The third kappa shape index (κ3) is 2.69. The Hall–Kier alpha value is -0.720. The Labute approximate surface area is 137 Å². The summed E-state index contributed by atoms with van der Waals surface area (Å²) in [5.74, 6) is 0.694. The van der Waals surface area contributed by atoms with Crippen LogP contribution < -0.4 is 5.32 Å². The molecule has 0 aromatic carbocycles. The maximum absolute atomic E-state index is 12.5. The van der Waals surface area contributed by atoms with E-state index in [-0.39, 0.29) is 28.8 Å².